The molecular formula is C21H31N2O5-. The molecule has 0 bridgehead atoms. The molecule has 0 saturated heterocycles. The van der Waals surface area contributed by atoms with Crippen molar-refractivity contribution in [3.8, 4) is 0 Å². The number of imide groups is 1. The maximum Gasteiger partial charge on any atom is 0.414 e. The highest BCUT2D eigenvalue weighted by atomic mass is 16.4. The van der Waals surface area contributed by atoms with Crippen LogP contribution in [-0.2, 0) is 4.79 Å². The minimum atomic E-state index is -1.31. The van der Waals surface area contributed by atoms with Gasteiger partial charge in [-0.05, 0) is 43.2 Å². The lowest BCUT2D eigenvalue weighted by atomic mass is 9.71. The Morgan fingerprint density at radius 1 is 1.14 bits per heavy atom. The normalized spacial score (nSPS) is 12.4. The fourth-order valence-corrected chi connectivity index (χ4v) is 3.69. The van der Waals surface area contributed by atoms with Gasteiger partial charge >= 0.3 is 6.09 Å². The zero-order valence-corrected chi connectivity index (χ0v) is 16.9. The third kappa shape index (κ3) is 6.34. The van der Waals surface area contributed by atoms with Crippen LogP contribution in [0.2, 0.25) is 0 Å². The van der Waals surface area contributed by atoms with Crippen molar-refractivity contribution in [2.24, 2.45) is 5.41 Å². The monoisotopic (exact) mass is 391 g/mol. The SMILES string of the molecule is CCCC(NCCN(C(=O)O)C(=O)c1ccccc1)C(CC)(CC)CC(=O)[O-]. The molecule has 0 aliphatic heterocycles. The number of nitrogens with one attached hydrogen (secondary N) is 1. The number of carboxylic acid groups (broad SMARTS) is 2. The minimum Gasteiger partial charge on any atom is -0.550 e. The van der Waals surface area contributed by atoms with E-state index in [1.165, 1.54) is 0 Å². The van der Waals surface area contributed by atoms with Gasteiger partial charge < -0.3 is 20.3 Å². The molecule has 2 amide bonds. The topological polar surface area (TPSA) is 110 Å². The first kappa shape index (κ1) is 23.6. The van der Waals surface area contributed by atoms with Gasteiger partial charge in [0.15, 0.2) is 0 Å². The number of hydrogen-bond acceptors (Lipinski definition) is 5. The van der Waals surface area contributed by atoms with Gasteiger partial charge in [-0.3, -0.25) is 4.79 Å². The van der Waals surface area contributed by atoms with E-state index in [-0.39, 0.29) is 25.6 Å². The van der Waals surface area contributed by atoms with Crippen LogP contribution >= 0.6 is 0 Å². The summed E-state index contributed by atoms with van der Waals surface area (Å²) in [7, 11) is 0. The molecule has 0 saturated carbocycles. The number of amides is 2. The van der Waals surface area contributed by atoms with Crippen LogP contribution in [0.15, 0.2) is 30.3 Å². The van der Waals surface area contributed by atoms with Gasteiger partial charge in [-0.25, -0.2) is 9.69 Å². The number of carbonyl (C=O) groups excluding carboxylic acids is 2. The summed E-state index contributed by atoms with van der Waals surface area (Å²) in [6, 6.07) is 8.16. The van der Waals surface area contributed by atoms with Crippen LogP contribution in [0, 0.1) is 5.41 Å². The third-order valence-corrected chi connectivity index (χ3v) is 5.44. The fraction of sp³-hybridized carbons (Fsp3) is 0.571. The maximum absolute atomic E-state index is 12.5. The Labute approximate surface area is 166 Å². The number of rotatable bonds is 12. The molecule has 0 fully saturated rings. The van der Waals surface area contributed by atoms with Crippen molar-refractivity contribution in [3.63, 3.8) is 0 Å². The summed E-state index contributed by atoms with van der Waals surface area (Å²) in [5.74, 6) is -1.66. The Morgan fingerprint density at radius 2 is 1.75 bits per heavy atom. The molecular weight excluding hydrogens is 360 g/mol. The molecule has 28 heavy (non-hydrogen) atoms. The van der Waals surface area contributed by atoms with Crippen molar-refractivity contribution in [1.29, 1.82) is 0 Å². The number of hydrogen-bond donors (Lipinski definition) is 2. The van der Waals surface area contributed by atoms with Gasteiger partial charge in [0, 0.05) is 30.7 Å². The van der Waals surface area contributed by atoms with Crippen LogP contribution in [0.4, 0.5) is 4.79 Å². The number of carboxylic acids is 1. The van der Waals surface area contributed by atoms with Gasteiger partial charge in [0.25, 0.3) is 5.91 Å². The zero-order chi connectivity index (χ0) is 21.2. The van der Waals surface area contributed by atoms with Crippen molar-refractivity contribution in [1.82, 2.24) is 10.2 Å². The van der Waals surface area contributed by atoms with Crippen molar-refractivity contribution < 1.29 is 24.6 Å². The van der Waals surface area contributed by atoms with Gasteiger partial charge in [0.05, 0.1) is 0 Å². The van der Waals surface area contributed by atoms with Crippen LogP contribution in [0.1, 0.15) is 63.2 Å². The van der Waals surface area contributed by atoms with E-state index in [9.17, 15) is 24.6 Å². The molecule has 7 heteroatoms. The molecule has 1 atom stereocenters. The standard InChI is InChI=1S/C21H32N2O5/c1-4-10-17(21(5-2,6-3)15-18(24)25)22-13-14-23(20(27)28)19(26)16-11-8-7-9-12-16/h7-9,11-12,17,22H,4-6,10,13-15H2,1-3H3,(H,24,25)(H,27,28)/p-1. The molecule has 1 aromatic rings. The minimum absolute atomic E-state index is 0.0158. The van der Waals surface area contributed by atoms with E-state index in [1.54, 1.807) is 30.3 Å². The van der Waals surface area contributed by atoms with E-state index in [1.807, 2.05) is 20.8 Å². The van der Waals surface area contributed by atoms with E-state index in [0.717, 1.165) is 17.7 Å². The predicted octanol–water partition coefficient (Wildman–Crippen LogP) is 2.51. The summed E-state index contributed by atoms with van der Waals surface area (Å²) < 4.78 is 0. The van der Waals surface area contributed by atoms with Gasteiger partial charge in [-0.15, -0.1) is 0 Å². The molecule has 0 aliphatic carbocycles. The first-order valence-corrected chi connectivity index (χ1v) is 9.84. The van der Waals surface area contributed by atoms with Gasteiger partial charge in [-0.2, -0.15) is 0 Å². The zero-order valence-electron chi connectivity index (χ0n) is 16.9. The Morgan fingerprint density at radius 3 is 2.21 bits per heavy atom. The predicted molar refractivity (Wildman–Crippen MR) is 105 cm³/mol. The average molecular weight is 391 g/mol. The quantitative estimate of drug-likeness (QED) is 0.566. The largest absolute Gasteiger partial charge is 0.550 e. The molecule has 1 aromatic carbocycles. The lowest BCUT2D eigenvalue weighted by molar-refractivity contribution is -0.308. The fourth-order valence-electron chi connectivity index (χ4n) is 3.69. The number of nitrogens with zero attached hydrogens (tertiary/aromatic N) is 1. The van der Waals surface area contributed by atoms with Crippen LogP contribution < -0.4 is 10.4 Å². The summed E-state index contributed by atoms with van der Waals surface area (Å²) >= 11 is 0. The summed E-state index contributed by atoms with van der Waals surface area (Å²) in [4.78, 5) is 36.1. The molecule has 1 rings (SSSR count). The second-order valence-electron chi connectivity index (χ2n) is 7.02. The molecule has 156 valence electrons. The maximum atomic E-state index is 12.5. The Balaban J connectivity index is 2.87. The number of aliphatic carboxylic acids is 1. The summed E-state index contributed by atoms with van der Waals surface area (Å²) in [5, 5.41) is 24.0. The van der Waals surface area contributed by atoms with Crippen LogP contribution in [0.5, 0.6) is 0 Å². The molecule has 0 heterocycles. The van der Waals surface area contributed by atoms with Crippen LogP contribution in [-0.4, -0.2) is 47.1 Å². The summed E-state index contributed by atoms with van der Waals surface area (Å²) in [6.07, 6.45) is 1.59. The third-order valence-electron chi connectivity index (χ3n) is 5.44. The highest BCUT2D eigenvalue weighted by molar-refractivity contribution is 6.02. The molecule has 0 spiro atoms. The Hall–Kier alpha value is -2.41. The molecule has 0 aliphatic rings. The smallest absolute Gasteiger partial charge is 0.414 e. The Kier molecular flexibility index (Phi) is 9.65. The van der Waals surface area contributed by atoms with Gasteiger partial charge in [-0.1, -0.05) is 45.4 Å². The number of carbonyl (C=O) groups is 3. The average Bonchev–Trinajstić information content (AvgIpc) is 2.68. The Bertz CT molecular complexity index is 643. The molecule has 2 N–H and O–H groups in total. The first-order valence-electron chi connectivity index (χ1n) is 9.84. The van der Waals surface area contributed by atoms with E-state index in [4.69, 9.17) is 0 Å². The highest BCUT2D eigenvalue weighted by Crippen LogP contribution is 2.36. The van der Waals surface area contributed by atoms with Crippen molar-refractivity contribution in [2.75, 3.05) is 13.1 Å². The number of benzene rings is 1. The molecule has 0 radical (unpaired) electrons. The second-order valence-corrected chi connectivity index (χ2v) is 7.02. The van der Waals surface area contributed by atoms with E-state index < -0.39 is 23.4 Å². The van der Waals surface area contributed by atoms with E-state index >= 15 is 0 Å². The second kappa shape index (κ2) is 11.4. The first-order chi connectivity index (χ1) is 13.3. The van der Waals surface area contributed by atoms with Crippen LogP contribution in [0.25, 0.3) is 0 Å². The van der Waals surface area contributed by atoms with Crippen molar-refractivity contribution in [3.05, 3.63) is 35.9 Å². The summed E-state index contributed by atoms with van der Waals surface area (Å²) in [6.45, 7) is 6.17. The van der Waals surface area contributed by atoms with E-state index in [0.29, 0.717) is 18.4 Å². The highest BCUT2D eigenvalue weighted by Gasteiger charge is 2.35. The van der Waals surface area contributed by atoms with Crippen molar-refractivity contribution in [2.45, 2.75) is 58.9 Å². The molecule has 0 aromatic heterocycles. The lowest BCUT2D eigenvalue weighted by Crippen LogP contribution is -2.50. The lowest BCUT2D eigenvalue weighted by Gasteiger charge is -2.41. The molecule has 7 nitrogen and oxygen atoms in total. The summed E-state index contributed by atoms with van der Waals surface area (Å²) in [5.41, 5.74) is -0.157. The van der Waals surface area contributed by atoms with Gasteiger partial charge in [0.1, 0.15) is 0 Å². The van der Waals surface area contributed by atoms with Gasteiger partial charge in [0.2, 0.25) is 0 Å². The van der Waals surface area contributed by atoms with Crippen molar-refractivity contribution >= 4 is 18.0 Å². The van der Waals surface area contributed by atoms with Crippen LogP contribution in [0.3, 0.4) is 0 Å². The molecule has 1 unspecified atom stereocenters. The van der Waals surface area contributed by atoms with E-state index in [2.05, 4.69) is 5.32 Å².